The van der Waals surface area contributed by atoms with E-state index in [9.17, 15) is 24.0 Å². The molecule has 0 saturated carbocycles. The molecule has 0 radical (unpaired) electrons. The van der Waals surface area contributed by atoms with Gasteiger partial charge in [0.25, 0.3) is 11.8 Å². The highest BCUT2D eigenvalue weighted by Crippen LogP contribution is 2.29. The molecule has 1 aromatic carbocycles. The van der Waals surface area contributed by atoms with Crippen LogP contribution in [0.3, 0.4) is 0 Å². The Balaban J connectivity index is 1.54. The Hall–Kier alpha value is -3.23. The van der Waals surface area contributed by atoms with Gasteiger partial charge in [0, 0.05) is 36.7 Å². The first kappa shape index (κ1) is 20.1. The predicted octanol–water partition coefficient (Wildman–Crippen LogP) is 0.917. The van der Waals surface area contributed by atoms with Gasteiger partial charge in [-0.15, -0.1) is 0 Å². The molecule has 0 aliphatic carbocycles. The van der Waals surface area contributed by atoms with Gasteiger partial charge in [-0.2, -0.15) is 0 Å². The normalized spacial score (nSPS) is 23.9. The van der Waals surface area contributed by atoms with Crippen LogP contribution in [0.25, 0.3) is 0 Å². The maximum atomic E-state index is 13.1. The summed E-state index contributed by atoms with van der Waals surface area (Å²) in [5, 5.41) is 11.4. The van der Waals surface area contributed by atoms with Crippen LogP contribution in [-0.2, 0) is 20.9 Å². The topological polar surface area (TPSA) is 124 Å². The van der Waals surface area contributed by atoms with Gasteiger partial charge in [-0.3, -0.25) is 29.3 Å². The zero-order valence-electron chi connectivity index (χ0n) is 16.4. The summed E-state index contributed by atoms with van der Waals surface area (Å²) in [6, 6.07) is 3.84. The van der Waals surface area contributed by atoms with Gasteiger partial charge < -0.3 is 14.9 Å². The quantitative estimate of drug-likeness (QED) is 0.708. The SMILES string of the molecule is O=C(O)CC1CCCCN1C(=O)c1ccc2c(c1)C(=O)N(C1CCC(=O)NC1=O)C2. The number of imide groups is 1. The number of carbonyl (C=O) groups excluding carboxylic acids is 4. The summed E-state index contributed by atoms with van der Waals surface area (Å²) in [6.07, 6.45) is 2.70. The fraction of sp³-hybridized carbons (Fsp3) is 0.476. The van der Waals surface area contributed by atoms with Crippen molar-refractivity contribution < 1.29 is 29.1 Å². The minimum atomic E-state index is -0.941. The lowest BCUT2D eigenvalue weighted by Gasteiger charge is -2.35. The molecule has 4 amide bonds. The molecule has 4 rings (SSSR count). The minimum absolute atomic E-state index is 0.0983. The van der Waals surface area contributed by atoms with E-state index >= 15 is 0 Å². The summed E-state index contributed by atoms with van der Waals surface area (Å²) in [5.41, 5.74) is 1.43. The van der Waals surface area contributed by atoms with Crippen LogP contribution in [0.15, 0.2) is 18.2 Å². The van der Waals surface area contributed by atoms with Crippen molar-refractivity contribution in [2.45, 2.75) is 57.2 Å². The van der Waals surface area contributed by atoms with Crippen LogP contribution < -0.4 is 5.32 Å². The molecule has 9 heteroatoms. The number of carboxylic acids is 1. The van der Waals surface area contributed by atoms with E-state index in [1.54, 1.807) is 17.0 Å². The molecule has 2 atom stereocenters. The lowest BCUT2D eigenvalue weighted by Crippen LogP contribution is -2.52. The van der Waals surface area contributed by atoms with Gasteiger partial charge in [0.15, 0.2) is 0 Å². The van der Waals surface area contributed by atoms with Gasteiger partial charge in [0.2, 0.25) is 11.8 Å². The maximum Gasteiger partial charge on any atom is 0.305 e. The Morgan fingerprint density at radius 2 is 1.93 bits per heavy atom. The lowest BCUT2D eigenvalue weighted by atomic mass is 9.97. The van der Waals surface area contributed by atoms with Crippen LogP contribution in [0.1, 0.15) is 64.8 Å². The number of benzene rings is 1. The van der Waals surface area contributed by atoms with Crippen LogP contribution in [0, 0.1) is 0 Å². The summed E-state index contributed by atoms with van der Waals surface area (Å²) >= 11 is 0. The number of amides is 4. The van der Waals surface area contributed by atoms with Gasteiger partial charge in [0.1, 0.15) is 6.04 Å². The second kappa shape index (κ2) is 7.89. The molecular weight excluding hydrogens is 390 g/mol. The molecule has 0 aromatic heterocycles. The van der Waals surface area contributed by atoms with E-state index in [0.29, 0.717) is 24.1 Å². The summed E-state index contributed by atoms with van der Waals surface area (Å²) in [7, 11) is 0. The zero-order chi connectivity index (χ0) is 21.4. The third-order valence-corrected chi connectivity index (χ3v) is 6.07. The van der Waals surface area contributed by atoms with Gasteiger partial charge >= 0.3 is 5.97 Å². The van der Waals surface area contributed by atoms with Crippen LogP contribution >= 0.6 is 0 Å². The molecule has 0 bridgehead atoms. The molecule has 2 N–H and O–H groups in total. The number of hydrogen-bond donors (Lipinski definition) is 2. The van der Waals surface area contributed by atoms with Crippen molar-refractivity contribution in [2.75, 3.05) is 6.54 Å². The van der Waals surface area contributed by atoms with Crippen LogP contribution in [0.2, 0.25) is 0 Å². The molecule has 9 nitrogen and oxygen atoms in total. The molecular formula is C21H23N3O6. The van der Waals surface area contributed by atoms with Crippen LogP contribution in [-0.4, -0.2) is 63.1 Å². The van der Waals surface area contributed by atoms with Crippen molar-refractivity contribution in [2.24, 2.45) is 0 Å². The summed E-state index contributed by atoms with van der Waals surface area (Å²) < 4.78 is 0. The number of hydrogen-bond acceptors (Lipinski definition) is 5. The van der Waals surface area contributed by atoms with Crippen molar-refractivity contribution in [1.82, 2.24) is 15.1 Å². The predicted molar refractivity (Wildman–Crippen MR) is 103 cm³/mol. The minimum Gasteiger partial charge on any atom is -0.481 e. The van der Waals surface area contributed by atoms with E-state index in [0.717, 1.165) is 18.4 Å². The number of nitrogens with one attached hydrogen (secondary N) is 1. The fourth-order valence-electron chi connectivity index (χ4n) is 4.54. The van der Waals surface area contributed by atoms with E-state index in [-0.39, 0.29) is 49.6 Å². The number of likely N-dealkylation sites (tertiary alicyclic amines) is 1. The molecule has 1 aromatic rings. The highest BCUT2D eigenvalue weighted by molar-refractivity contribution is 6.06. The molecule has 3 aliphatic heterocycles. The van der Waals surface area contributed by atoms with E-state index in [1.807, 2.05) is 0 Å². The molecule has 158 valence electrons. The Kier molecular flexibility index (Phi) is 5.27. The molecule has 3 aliphatic rings. The highest BCUT2D eigenvalue weighted by atomic mass is 16.4. The van der Waals surface area contributed by atoms with Crippen LogP contribution in [0.4, 0.5) is 0 Å². The number of rotatable bonds is 4. The number of piperidine rings is 2. The van der Waals surface area contributed by atoms with Crippen molar-refractivity contribution in [3.63, 3.8) is 0 Å². The first-order valence-corrected chi connectivity index (χ1v) is 10.2. The smallest absolute Gasteiger partial charge is 0.305 e. The Morgan fingerprint density at radius 3 is 2.67 bits per heavy atom. The molecule has 30 heavy (non-hydrogen) atoms. The lowest BCUT2D eigenvalue weighted by molar-refractivity contribution is -0.139. The summed E-state index contributed by atoms with van der Waals surface area (Å²) in [5.74, 6) is -2.38. The molecule has 2 fully saturated rings. The van der Waals surface area contributed by atoms with Crippen LogP contribution in [0.5, 0.6) is 0 Å². The van der Waals surface area contributed by atoms with E-state index < -0.39 is 17.9 Å². The third-order valence-electron chi connectivity index (χ3n) is 6.07. The number of aliphatic carboxylic acids is 1. The van der Waals surface area contributed by atoms with E-state index in [1.165, 1.54) is 11.0 Å². The molecule has 3 heterocycles. The molecule has 2 unspecified atom stereocenters. The molecule has 2 saturated heterocycles. The van der Waals surface area contributed by atoms with E-state index in [2.05, 4.69) is 5.32 Å². The number of fused-ring (bicyclic) bond motifs is 1. The maximum absolute atomic E-state index is 13.1. The fourth-order valence-corrected chi connectivity index (χ4v) is 4.54. The average molecular weight is 413 g/mol. The molecule has 0 spiro atoms. The van der Waals surface area contributed by atoms with Crippen molar-refractivity contribution >= 4 is 29.6 Å². The second-order valence-electron chi connectivity index (χ2n) is 8.02. The third kappa shape index (κ3) is 3.67. The van der Waals surface area contributed by atoms with Gasteiger partial charge in [0.05, 0.1) is 6.42 Å². The van der Waals surface area contributed by atoms with Gasteiger partial charge in [-0.1, -0.05) is 6.07 Å². The van der Waals surface area contributed by atoms with Crippen molar-refractivity contribution in [3.8, 4) is 0 Å². The standard InChI is InChI=1S/C21H23N3O6/c25-17-7-6-16(19(28)22-17)24-11-13-5-4-12(9-15(13)21(24)30)20(29)23-8-2-1-3-14(23)10-18(26)27/h4-5,9,14,16H,1-3,6-8,10-11H2,(H,26,27)(H,22,25,28). The zero-order valence-corrected chi connectivity index (χ0v) is 16.4. The summed E-state index contributed by atoms with van der Waals surface area (Å²) in [6.45, 7) is 0.741. The van der Waals surface area contributed by atoms with Crippen molar-refractivity contribution in [1.29, 1.82) is 0 Å². The number of nitrogens with zero attached hydrogens (tertiary/aromatic N) is 2. The monoisotopic (exact) mass is 413 g/mol. The van der Waals surface area contributed by atoms with Gasteiger partial charge in [-0.05, 0) is 43.4 Å². The largest absolute Gasteiger partial charge is 0.481 e. The first-order valence-electron chi connectivity index (χ1n) is 10.2. The number of carboxylic acid groups (broad SMARTS) is 1. The number of carbonyl (C=O) groups is 5. The average Bonchev–Trinajstić information content (AvgIpc) is 3.03. The van der Waals surface area contributed by atoms with Gasteiger partial charge in [-0.25, -0.2) is 0 Å². The Labute approximate surface area is 173 Å². The van der Waals surface area contributed by atoms with Crippen molar-refractivity contribution in [3.05, 3.63) is 34.9 Å². The highest BCUT2D eigenvalue weighted by Gasteiger charge is 2.39. The Morgan fingerprint density at radius 1 is 1.13 bits per heavy atom. The second-order valence-corrected chi connectivity index (χ2v) is 8.02. The Bertz CT molecular complexity index is 943. The first-order chi connectivity index (χ1) is 14.3. The summed E-state index contributed by atoms with van der Waals surface area (Å²) in [4.78, 5) is 63.8. The van der Waals surface area contributed by atoms with E-state index in [4.69, 9.17) is 5.11 Å².